The molecule has 0 aromatic heterocycles. The Hall–Kier alpha value is -4.00. The van der Waals surface area contributed by atoms with Crippen LogP contribution in [0.1, 0.15) is 27.0 Å². The number of phenols is 2. The normalized spacial score (nSPS) is 12.9. The lowest BCUT2D eigenvalue weighted by Crippen LogP contribution is -2.26. The predicted octanol–water partition coefficient (Wildman–Crippen LogP) is 4.06. The van der Waals surface area contributed by atoms with E-state index in [4.69, 9.17) is 9.47 Å². The second-order valence-electron chi connectivity index (χ2n) is 7.47. The molecule has 0 unspecified atom stereocenters. The van der Waals surface area contributed by atoms with Gasteiger partial charge in [-0.3, -0.25) is 9.79 Å². The first-order valence-electron chi connectivity index (χ1n) is 10.2. The van der Waals surface area contributed by atoms with Crippen LogP contribution in [0.25, 0.3) is 0 Å². The number of hydrogen-bond donors (Lipinski definition) is 2. The lowest BCUT2D eigenvalue weighted by Gasteiger charge is -2.16. The molecule has 3 aromatic rings. The molecular formula is C25H24N2O5. The quantitative estimate of drug-likeness (QED) is 0.550. The van der Waals surface area contributed by atoms with Crippen LogP contribution < -0.4 is 9.47 Å². The van der Waals surface area contributed by atoms with Crippen LogP contribution in [-0.2, 0) is 13.0 Å². The van der Waals surface area contributed by atoms with Gasteiger partial charge in [-0.15, -0.1) is 0 Å². The third-order valence-electron chi connectivity index (χ3n) is 5.49. The molecule has 3 aromatic carbocycles. The van der Waals surface area contributed by atoms with Crippen molar-refractivity contribution in [3.8, 4) is 23.0 Å². The Morgan fingerprint density at radius 1 is 1.03 bits per heavy atom. The largest absolute Gasteiger partial charge is 0.508 e. The van der Waals surface area contributed by atoms with E-state index in [0.29, 0.717) is 47.8 Å². The molecule has 1 aliphatic heterocycles. The van der Waals surface area contributed by atoms with Gasteiger partial charge in [-0.1, -0.05) is 12.1 Å². The summed E-state index contributed by atoms with van der Waals surface area (Å²) in [4.78, 5) is 19.2. The van der Waals surface area contributed by atoms with Crippen LogP contribution in [0.3, 0.4) is 0 Å². The van der Waals surface area contributed by atoms with Gasteiger partial charge in [0.2, 0.25) is 0 Å². The van der Waals surface area contributed by atoms with Gasteiger partial charge in [0.25, 0.3) is 5.91 Å². The van der Waals surface area contributed by atoms with Crippen LogP contribution in [-0.4, -0.2) is 48.0 Å². The first-order valence-corrected chi connectivity index (χ1v) is 10.2. The molecule has 164 valence electrons. The summed E-state index contributed by atoms with van der Waals surface area (Å²) >= 11 is 0. The minimum absolute atomic E-state index is 0.0176. The zero-order valence-electron chi connectivity index (χ0n) is 17.9. The third kappa shape index (κ3) is 4.23. The molecule has 0 spiro atoms. The van der Waals surface area contributed by atoms with Gasteiger partial charge in [0.05, 0.1) is 19.9 Å². The fraction of sp³-hybridized carbons (Fsp3) is 0.200. The van der Waals surface area contributed by atoms with Crippen molar-refractivity contribution in [2.75, 3.05) is 20.8 Å². The Morgan fingerprint density at radius 2 is 1.84 bits per heavy atom. The van der Waals surface area contributed by atoms with E-state index in [0.717, 1.165) is 11.1 Å². The highest BCUT2D eigenvalue weighted by Crippen LogP contribution is 2.32. The Balaban J connectivity index is 1.50. The summed E-state index contributed by atoms with van der Waals surface area (Å²) in [5.74, 6) is 1.23. The molecule has 0 aliphatic carbocycles. The minimum atomic E-state index is -0.0612. The summed E-state index contributed by atoms with van der Waals surface area (Å²) in [5.41, 5.74) is 3.71. The van der Waals surface area contributed by atoms with E-state index in [1.54, 1.807) is 31.3 Å². The number of phenolic OH excluding ortho intramolecular Hbond substituents is 2. The van der Waals surface area contributed by atoms with Crippen LogP contribution in [0.4, 0.5) is 5.69 Å². The highest BCUT2D eigenvalue weighted by Gasteiger charge is 2.28. The fourth-order valence-electron chi connectivity index (χ4n) is 3.76. The maximum Gasteiger partial charge on any atom is 0.254 e. The number of amides is 1. The van der Waals surface area contributed by atoms with Crippen molar-refractivity contribution in [1.29, 1.82) is 0 Å². The first kappa shape index (κ1) is 21.2. The second kappa shape index (κ2) is 9.01. The van der Waals surface area contributed by atoms with E-state index in [-0.39, 0.29) is 17.4 Å². The molecule has 4 rings (SSSR count). The van der Waals surface area contributed by atoms with Gasteiger partial charge in [-0.2, -0.15) is 0 Å². The van der Waals surface area contributed by atoms with E-state index in [9.17, 15) is 15.0 Å². The lowest BCUT2D eigenvalue weighted by molar-refractivity contribution is 0.0780. The SMILES string of the molecule is COc1ccc(CCN2Cc3c(N=Cc4ccc(O)cc4O)cccc3C2=O)cc1OC. The van der Waals surface area contributed by atoms with Crippen LogP contribution in [0.15, 0.2) is 59.6 Å². The fourth-order valence-corrected chi connectivity index (χ4v) is 3.76. The number of rotatable bonds is 7. The van der Waals surface area contributed by atoms with Gasteiger partial charge in [0.15, 0.2) is 11.5 Å². The predicted molar refractivity (Wildman–Crippen MR) is 121 cm³/mol. The van der Waals surface area contributed by atoms with E-state index in [2.05, 4.69) is 4.99 Å². The smallest absolute Gasteiger partial charge is 0.254 e. The van der Waals surface area contributed by atoms with Crippen molar-refractivity contribution < 1.29 is 24.5 Å². The summed E-state index contributed by atoms with van der Waals surface area (Å²) in [7, 11) is 3.20. The third-order valence-corrected chi connectivity index (χ3v) is 5.49. The highest BCUT2D eigenvalue weighted by atomic mass is 16.5. The summed E-state index contributed by atoms with van der Waals surface area (Å²) in [5, 5.41) is 19.4. The molecule has 0 bridgehead atoms. The number of aromatic hydroxyl groups is 2. The zero-order valence-corrected chi connectivity index (χ0v) is 17.9. The van der Waals surface area contributed by atoms with Crippen LogP contribution in [0.2, 0.25) is 0 Å². The van der Waals surface area contributed by atoms with Crippen LogP contribution >= 0.6 is 0 Å². The van der Waals surface area contributed by atoms with Crippen molar-refractivity contribution in [3.05, 3.63) is 76.9 Å². The Kier molecular flexibility index (Phi) is 5.98. The number of carbonyl (C=O) groups excluding carboxylic acids is 1. The molecule has 32 heavy (non-hydrogen) atoms. The number of methoxy groups -OCH3 is 2. The van der Waals surface area contributed by atoms with Crippen molar-refractivity contribution >= 4 is 17.8 Å². The van der Waals surface area contributed by atoms with Crippen molar-refractivity contribution in [2.45, 2.75) is 13.0 Å². The number of ether oxygens (including phenoxy) is 2. The van der Waals surface area contributed by atoms with E-state index in [1.165, 1.54) is 18.3 Å². The number of aliphatic imine (C=N–C) groups is 1. The Bertz CT molecular complexity index is 1190. The number of carbonyl (C=O) groups is 1. The molecule has 7 nitrogen and oxygen atoms in total. The minimum Gasteiger partial charge on any atom is -0.508 e. The Morgan fingerprint density at radius 3 is 2.59 bits per heavy atom. The molecule has 0 saturated carbocycles. The number of fused-ring (bicyclic) bond motifs is 1. The first-order chi connectivity index (χ1) is 15.5. The van der Waals surface area contributed by atoms with Crippen molar-refractivity contribution in [3.63, 3.8) is 0 Å². The average Bonchev–Trinajstić information content (AvgIpc) is 3.13. The van der Waals surface area contributed by atoms with Crippen molar-refractivity contribution in [1.82, 2.24) is 4.90 Å². The maximum atomic E-state index is 12.9. The van der Waals surface area contributed by atoms with Gasteiger partial charge in [0, 0.05) is 42.1 Å². The maximum absolute atomic E-state index is 12.9. The molecule has 2 N–H and O–H groups in total. The summed E-state index contributed by atoms with van der Waals surface area (Å²) in [6, 6.07) is 15.5. The average molecular weight is 432 g/mol. The summed E-state index contributed by atoms with van der Waals surface area (Å²) < 4.78 is 10.6. The second-order valence-corrected chi connectivity index (χ2v) is 7.47. The summed E-state index contributed by atoms with van der Waals surface area (Å²) in [6.07, 6.45) is 2.21. The van der Waals surface area contributed by atoms with Gasteiger partial charge in [-0.25, -0.2) is 0 Å². The molecule has 0 saturated heterocycles. The number of nitrogens with zero attached hydrogens (tertiary/aromatic N) is 2. The Labute approximate surface area is 186 Å². The molecule has 0 atom stereocenters. The standard InChI is InChI=1S/C25H24N2O5/c1-31-23-9-6-16(12-24(23)32-2)10-11-27-15-20-19(25(27)30)4-3-5-21(20)26-14-17-7-8-18(28)13-22(17)29/h3-9,12-14,28-29H,10-11,15H2,1-2H3. The topological polar surface area (TPSA) is 91.6 Å². The zero-order chi connectivity index (χ0) is 22.7. The number of hydrogen-bond acceptors (Lipinski definition) is 6. The van der Waals surface area contributed by atoms with Crippen LogP contribution in [0.5, 0.6) is 23.0 Å². The highest BCUT2D eigenvalue weighted by molar-refractivity contribution is 6.00. The van der Waals surface area contributed by atoms with E-state index in [1.807, 2.05) is 30.3 Å². The monoisotopic (exact) mass is 432 g/mol. The van der Waals surface area contributed by atoms with Crippen LogP contribution in [0, 0.1) is 0 Å². The summed E-state index contributed by atoms with van der Waals surface area (Å²) in [6.45, 7) is 1.03. The molecule has 0 fully saturated rings. The molecular weight excluding hydrogens is 408 g/mol. The molecule has 0 radical (unpaired) electrons. The van der Waals surface area contributed by atoms with E-state index >= 15 is 0 Å². The van der Waals surface area contributed by atoms with Gasteiger partial charge >= 0.3 is 0 Å². The van der Waals surface area contributed by atoms with Crippen molar-refractivity contribution in [2.24, 2.45) is 4.99 Å². The van der Waals surface area contributed by atoms with Gasteiger partial charge in [-0.05, 0) is 48.4 Å². The van der Waals surface area contributed by atoms with Gasteiger partial charge in [0.1, 0.15) is 11.5 Å². The lowest BCUT2D eigenvalue weighted by atomic mass is 10.1. The number of benzene rings is 3. The molecule has 1 heterocycles. The van der Waals surface area contributed by atoms with E-state index < -0.39 is 0 Å². The molecule has 7 heteroatoms. The van der Waals surface area contributed by atoms with Gasteiger partial charge < -0.3 is 24.6 Å². The molecule has 1 amide bonds. The molecule has 1 aliphatic rings.